The quantitative estimate of drug-likeness (QED) is 0.856. The molecule has 24 heavy (non-hydrogen) atoms. The maximum absolute atomic E-state index is 12.8. The van der Waals surface area contributed by atoms with Crippen molar-refractivity contribution < 1.29 is 4.79 Å². The van der Waals surface area contributed by atoms with Gasteiger partial charge in [-0.05, 0) is 36.2 Å². The van der Waals surface area contributed by atoms with E-state index in [2.05, 4.69) is 10.6 Å². The van der Waals surface area contributed by atoms with E-state index in [1.54, 1.807) is 6.07 Å². The van der Waals surface area contributed by atoms with Crippen LogP contribution in [0.2, 0.25) is 10.0 Å². The minimum absolute atomic E-state index is 0.0251. The number of hydrogen-bond donors (Lipinski definition) is 2. The van der Waals surface area contributed by atoms with Crippen molar-refractivity contribution in [3.8, 4) is 0 Å². The van der Waals surface area contributed by atoms with Crippen LogP contribution < -0.4 is 10.6 Å². The lowest BCUT2D eigenvalue weighted by Gasteiger charge is -2.22. The molecule has 1 fully saturated rings. The number of halogens is 2. The molecule has 1 aliphatic rings. The lowest BCUT2D eigenvalue weighted by molar-refractivity contribution is -0.125. The lowest BCUT2D eigenvalue weighted by atomic mass is 9.88. The van der Waals surface area contributed by atoms with Gasteiger partial charge in [-0.25, -0.2) is 0 Å². The van der Waals surface area contributed by atoms with Crippen molar-refractivity contribution in [1.82, 2.24) is 10.6 Å². The summed E-state index contributed by atoms with van der Waals surface area (Å²) in [6.07, 6.45) is 0. The van der Waals surface area contributed by atoms with Crippen molar-refractivity contribution in [2.24, 2.45) is 5.92 Å². The summed E-state index contributed by atoms with van der Waals surface area (Å²) < 4.78 is 0. The first-order chi connectivity index (χ1) is 11.5. The van der Waals surface area contributed by atoms with Gasteiger partial charge in [0.25, 0.3) is 0 Å². The van der Waals surface area contributed by atoms with E-state index in [0.717, 1.165) is 17.7 Å². The summed E-state index contributed by atoms with van der Waals surface area (Å²) >= 11 is 12.2. The second-order valence-electron chi connectivity index (χ2n) is 6.21. The van der Waals surface area contributed by atoms with E-state index in [1.807, 2.05) is 49.4 Å². The highest BCUT2D eigenvalue weighted by Gasteiger charge is 2.34. The molecule has 3 atom stereocenters. The Bertz CT molecular complexity index is 700. The number of hydrogen-bond acceptors (Lipinski definition) is 2. The van der Waals surface area contributed by atoms with Gasteiger partial charge in [-0.2, -0.15) is 0 Å². The molecule has 1 amide bonds. The van der Waals surface area contributed by atoms with Crippen LogP contribution in [-0.4, -0.2) is 19.0 Å². The smallest absolute Gasteiger partial charge is 0.225 e. The molecule has 0 spiro atoms. The fourth-order valence-corrected chi connectivity index (χ4v) is 3.78. The van der Waals surface area contributed by atoms with Crippen LogP contribution in [0.5, 0.6) is 0 Å². The number of nitrogens with one attached hydrogen (secondary N) is 2. The highest BCUT2D eigenvalue weighted by Crippen LogP contribution is 2.32. The van der Waals surface area contributed by atoms with Crippen molar-refractivity contribution in [3.05, 3.63) is 69.7 Å². The van der Waals surface area contributed by atoms with E-state index in [1.165, 1.54) is 0 Å². The zero-order valence-corrected chi connectivity index (χ0v) is 14.9. The first-order valence-electron chi connectivity index (χ1n) is 8.06. The summed E-state index contributed by atoms with van der Waals surface area (Å²) in [4.78, 5) is 12.8. The monoisotopic (exact) mass is 362 g/mol. The van der Waals surface area contributed by atoms with Crippen LogP contribution in [0.4, 0.5) is 0 Å². The Labute approximate surface area is 152 Å². The van der Waals surface area contributed by atoms with Crippen LogP contribution in [0.15, 0.2) is 48.5 Å². The van der Waals surface area contributed by atoms with Gasteiger partial charge in [0.15, 0.2) is 0 Å². The molecule has 1 heterocycles. The molecule has 2 aromatic rings. The predicted molar refractivity (Wildman–Crippen MR) is 98.6 cm³/mol. The molecule has 2 N–H and O–H groups in total. The molecule has 5 heteroatoms. The molecule has 2 aromatic carbocycles. The van der Waals surface area contributed by atoms with E-state index < -0.39 is 0 Å². The lowest BCUT2D eigenvalue weighted by Crippen LogP contribution is -2.36. The number of carbonyl (C=O) groups is 1. The molecule has 3 nitrogen and oxygen atoms in total. The van der Waals surface area contributed by atoms with Crippen molar-refractivity contribution >= 4 is 29.1 Å². The summed E-state index contributed by atoms with van der Waals surface area (Å²) in [5.74, 6) is -0.00711. The summed E-state index contributed by atoms with van der Waals surface area (Å²) in [6, 6.07) is 15.4. The van der Waals surface area contributed by atoms with E-state index in [9.17, 15) is 4.79 Å². The van der Waals surface area contributed by atoms with Gasteiger partial charge in [-0.15, -0.1) is 0 Å². The van der Waals surface area contributed by atoms with Crippen molar-refractivity contribution in [2.45, 2.75) is 18.9 Å². The highest BCUT2D eigenvalue weighted by atomic mass is 35.5. The molecule has 0 bridgehead atoms. The maximum atomic E-state index is 12.8. The Morgan fingerprint density at radius 1 is 1.12 bits per heavy atom. The van der Waals surface area contributed by atoms with Crippen LogP contribution >= 0.6 is 23.2 Å². The van der Waals surface area contributed by atoms with Crippen LogP contribution in [0, 0.1) is 5.92 Å². The summed E-state index contributed by atoms with van der Waals surface area (Å²) in [5.41, 5.74) is 2.10. The van der Waals surface area contributed by atoms with Crippen molar-refractivity contribution in [3.63, 3.8) is 0 Å². The minimum Gasteiger partial charge on any atom is -0.349 e. The number of rotatable bonds is 4. The fraction of sp³-hybridized carbons (Fsp3) is 0.316. The SMILES string of the molecule is C[C@H](NC(=O)[C@@H]1CNC[C@H]1c1cc(Cl)cc(Cl)c1)c1ccccc1. The Morgan fingerprint density at radius 3 is 2.46 bits per heavy atom. The van der Waals surface area contributed by atoms with Crippen molar-refractivity contribution in [1.29, 1.82) is 0 Å². The molecular weight excluding hydrogens is 343 g/mol. The van der Waals surface area contributed by atoms with Gasteiger partial charge in [-0.1, -0.05) is 53.5 Å². The third-order valence-corrected chi connectivity index (χ3v) is 4.96. The van der Waals surface area contributed by atoms with E-state index in [-0.39, 0.29) is 23.8 Å². The van der Waals surface area contributed by atoms with Gasteiger partial charge in [0.1, 0.15) is 0 Å². The summed E-state index contributed by atoms with van der Waals surface area (Å²) in [5, 5.41) is 7.63. The third kappa shape index (κ3) is 3.92. The Balaban J connectivity index is 1.74. The molecule has 126 valence electrons. The van der Waals surface area contributed by atoms with Gasteiger partial charge in [0.05, 0.1) is 12.0 Å². The minimum atomic E-state index is -0.134. The Morgan fingerprint density at radius 2 is 1.79 bits per heavy atom. The fourth-order valence-electron chi connectivity index (χ4n) is 3.24. The van der Waals surface area contributed by atoms with Gasteiger partial charge in [0, 0.05) is 29.1 Å². The first-order valence-corrected chi connectivity index (χ1v) is 8.82. The topological polar surface area (TPSA) is 41.1 Å². The molecule has 1 saturated heterocycles. The number of carbonyl (C=O) groups excluding carboxylic acids is 1. The van der Waals surface area contributed by atoms with Gasteiger partial charge >= 0.3 is 0 Å². The Kier molecular flexibility index (Phi) is 5.44. The summed E-state index contributed by atoms with van der Waals surface area (Å²) in [7, 11) is 0. The second kappa shape index (κ2) is 7.56. The van der Waals surface area contributed by atoms with Crippen LogP contribution in [0.25, 0.3) is 0 Å². The summed E-state index contributed by atoms with van der Waals surface area (Å²) in [6.45, 7) is 3.40. The zero-order valence-electron chi connectivity index (χ0n) is 13.4. The average molecular weight is 363 g/mol. The predicted octanol–water partition coefficient (Wildman–Crippen LogP) is 4.17. The third-order valence-electron chi connectivity index (χ3n) is 4.52. The van der Waals surface area contributed by atoms with Crippen LogP contribution in [0.1, 0.15) is 30.0 Å². The number of amides is 1. The highest BCUT2D eigenvalue weighted by molar-refractivity contribution is 6.34. The molecular formula is C19H20Cl2N2O. The Hall–Kier alpha value is -1.55. The van der Waals surface area contributed by atoms with E-state index in [0.29, 0.717) is 16.6 Å². The molecule has 0 aromatic heterocycles. The van der Waals surface area contributed by atoms with E-state index in [4.69, 9.17) is 23.2 Å². The molecule has 0 saturated carbocycles. The first kappa shape index (κ1) is 17.3. The van der Waals surface area contributed by atoms with Crippen molar-refractivity contribution in [2.75, 3.05) is 13.1 Å². The van der Waals surface area contributed by atoms with Crippen LogP contribution in [-0.2, 0) is 4.79 Å². The molecule has 0 unspecified atom stereocenters. The molecule has 1 aliphatic heterocycles. The largest absolute Gasteiger partial charge is 0.349 e. The van der Waals surface area contributed by atoms with Crippen LogP contribution in [0.3, 0.4) is 0 Å². The molecule has 0 radical (unpaired) electrons. The molecule has 0 aliphatic carbocycles. The van der Waals surface area contributed by atoms with Gasteiger partial charge in [-0.3, -0.25) is 4.79 Å². The normalized spacial score (nSPS) is 21.5. The average Bonchev–Trinajstić information content (AvgIpc) is 3.04. The van der Waals surface area contributed by atoms with E-state index >= 15 is 0 Å². The van der Waals surface area contributed by atoms with Gasteiger partial charge in [0.2, 0.25) is 5.91 Å². The standard InChI is InChI=1S/C19H20Cl2N2O/c1-12(13-5-3-2-4-6-13)23-19(24)18-11-22-10-17(18)14-7-15(20)9-16(21)8-14/h2-9,12,17-18,22H,10-11H2,1H3,(H,23,24)/t12-,17-,18+/m0/s1. The zero-order chi connectivity index (χ0) is 17.1. The maximum Gasteiger partial charge on any atom is 0.225 e. The number of benzene rings is 2. The van der Waals surface area contributed by atoms with Gasteiger partial charge < -0.3 is 10.6 Å². The molecule has 3 rings (SSSR count). The second-order valence-corrected chi connectivity index (χ2v) is 7.09.